The molecule has 0 bridgehead atoms. The van der Waals surface area contributed by atoms with Crippen molar-refractivity contribution < 1.29 is 19.2 Å². The molecule has 1 aromatic heterocycles. The number of halogens is 1. The fraction of sp³-hybridized carbons (Fsp3) is 0.111. The molecule has 9 nitrogen and oxygen atoms in total. The highest BCUT2D eigenvalue weighted by atomic mass is 32.2. The minimum Gasteiger partial charge on any atom is -0.478 e. The second-order valence-electron chi connectivity index (χ2n) is 3.55. The van der Waals surface area contributed by atoms with Gasteiger partial charge >= 0.3 is 5.97 Å². The van der Waals surface area contributed by atoms with Crippen molar-refractivity contribution in [3.05, 3.63) is 33.6 Å². The Bertz CT molecular complexity index is 704. The fourth-order valence-electron chi connectivity index (χ4n) is 1.34. The van der Waals surface area contributed by atoms with Crippen LogP contribution in [0.15, 0.2) is 22.2 Å². The molecule has 0 saturated heterocycles. The van der Waals surface area contributed by atoms with Crippen molar-refractivity contribution in [1.82, 2.24) is 20.2 Å². The van der Waals surface area contributed by atoms with Gasteiger partial charge in [-0.1, -0.05) is 0 Å². The molecule has 0 aliphatic heterocycles. The van der Waals surface area contributed by atoms with Gasteiger partial charge in [0.15, 0.2) is 0 Å². The number of benzene rings is 1. The standard InChI is InChI=1S/C9H6FN5O4S/c1-14-9(11-12-13-14)20-7-2-4(8(16)17)5(10)3-6(7)15(18)19/h2-3H,1H3,(H,16,17). The molecule has 0 amide bonds. The quantitative estimate of drug-likeness (QED) is 0.657. The number of nitro benzene ring substituents is 1. The lowest BCUT2D eigenvalue weighted by molar-refractivity contribution is -0.387. The molecule has 0 spiro atoms. The van der Waals surface area contributed by atoms with Gasteiger partial charge in [0.05, 0.1) is 21.4 Å². The summed E-state index contributed by atoms with van der Waals surface area (Å²) >= 11 is 0.771. The summed E-state index contributed by atoms with van der Waals surface area (Å²) in [6.07, 6.45) is 0. The Morgan fingerprint density at radius 3 is 2.75 bits per heavy atom. The Kier molecular flexibility index (Phi) is 3.61. The number of aromatic nitrogens is 4. The molecule has 0 radical (unpaired) electrons. The van der Waals surface area contributed by atoms with Gasteiger partial charge in [-0.3, -0.25) is 10.1 Å². The largest absolute Gasteiger partial charge is 0.478 e. The molecular weight excluding hydrogens is 293 g/mol. The molecular formula is C9H6FN5O4S. The minimum atomic E-state index is -1.52. The number of carbonyl (C=O) groups is 1. The van der Waals surface area contributed by atoms with Crippen LogP contribution in [0, 0.1) is 15.9 Å². The summed E-state index contributed by atoms with van der Waals surface area (Å²) in [5, 5.41) is 30.4. The van der Waals surface area contributed by atoms with E-state index >= 15 is 0 Å². The van der Waals surface area contributed by atoms with Gasteiger partial charge in [-0.05, 0) is 28.3 Å². The second kappa shape index (κ2) is 5.21. The maximum absolute atomic E-state index is 13.5. The van der Waals surface area contributed by atoms with E-state index in [9.17, 15) is 19.3 Å². The van der Waals surface area contributed by atoms with Crippen LogP contribution in [0.2, 0.25) is 0 Å². The van der Waals surface area contributed by atoms with Gasteiger partial charge < -0.3 is 5.11 Å². The van der Waals surface area contributed by atoms with E-state index in [1.165, 1.54) is 11.7 Å². The van der Waals surface area contributed by atoms with E-state index < -0.39 is 28.0 Å². The number of nitrogens with zero attached hydrogens (tertiary/aromatic N) is 5. The molecule has 0 unspecified atom stereocenters. The van der Waals surface area contributed by atoms with Crippen LogP contribution in [0.4, 0.5) is 10.1 Å². The summed E-state index contributed by atoms with van der Waals surface area (Å²) in [6.45, 7) is 0. The Labute approximate surface area is 114 Å². The number of nitro groups is 1. The van der Waals surface area contributed by atoms with Gasteiger partial charge in [0, 0.05) is 7.05 Å². The molecule has 0 aliphatic rings. The van der Waals surface area contributed by atoms with Gasteiger partial charge in [0.25, 0.3) is 5.69 Å². The maximum Gasteiger partial charge on any atom is 0.338 e. The van der Waals surface area contributed by atoms with Crippen molar-refractivity contribution in [2.75, 3.05) is 0 Å². The number of hydrogen-bond donors (Lipinski definition) is 1. The predicted molar refractivity (Wildman–Crippen MR) is 62.9 cm³/mol. The first-order valence-corrected chi connectivity index (χ1v) is 5.83. The highest BCUT2D eigenvalue weighted by Crippen LogP contribution is 2.35. The van der Waals surface area contributed by atoms with Crippen LogP contribution in [0.25, 0.3) is 0 Å². The molecule has 11 heteroatoms. The molecule has 1 heterocycles. The monoisotopic (exact) mass is 299 g/mol. The minimum absolute atomic E-state index is 0.0632. The van der Waals surface area contributed by atoms with Crippen LogP contribution in [0.3, 0.4) is 0 Å². The van der Waals surface area contributed by atoms with Crippen LogP contribution >= 0.6 is 11.8 Å². The zero-order chi connectivity index (χ0) is 14.9. The van der Waals surface area contributed by atoms with Crippen LogP contribution in [0.5, 0.6) is 0 Å². The van der Waals surface area contributed by atoms with Gasteiger partial charge in [0.2, 0.25) is 5.16 Å². The van der Waals surface area contributed by atoms with Crippen LogP contribution in [-0.4, -0.2) is 36.2 Å². The molecule has 104 valence electrons. The molecule has 1 N–H and O–H groups in total. The number of carboxylic acids is 1. The van der Waals surface area contributed by atoms with Crippen molar-refractivity contribution in [3.63, 3.8) is 0 Å². The highest BCUT2D eigenvalue weighted by molar-refractivity contribution is 7.99. The summed E-state index contributed by atoms with van der Waals surface area (Å²) in [7, 11) is 1.51. The molecule has 2 rings (SSSR count). The molecule has 2 aromatic rings. The molecule has 0 saturated carbocycles. The zero-order valence-corrected chi connectivity index (χ0v) is 10.7. The van der Waals surface area contributed by atoms with E-state index in [0.717, 1.165) is 17.8 Å². The third-order valence-corrected chi connectivity index (χ3v) is 3.33. The number of tetrazole rings is 1. The average molecular weight is 299 g/mol. The van der Waals surface area contributed by atoms with E-state index in [-0.39, 0.29) is 10.1 Å². The van der Waals surface area contributed by atoms with Crippen LogP contribution in [0.1, 0.15) is 10.4 Å². The first-order chi connectivity index (χ1) is 9.40. The molecule has 0 aliphatic carbocycles. The Morgan fingerprint density at radius 1 is 1.55 bits per heavy atom. The van der Waals surface area contributed by atoms with E-state index in [1.807, 2.05) is 0 Å². The van der Waals surface area contributed by atoms with Crippen molar-refractivity contribution >= 4 is 23.4 Å². The average Bonchev–Trinajstić information content (AvgIpc) is 2.76. The normalized spacial score (nSPS) is 10.5. The fourth-order valence-corrected chi connectivity index (χ4v) is 2.19. The lowest BCUT2D eigenvalue weighted by atomic mass is 10.2. The van der Waals surface area contributed by atoms with Gasteiger partial charge in [-0.2, -0.15) is 0 Å². The third kappa shape index (κ3) is 2.56. The lowest BCUT2D eigenvalue weighted by Crippen LogP contribution is -2.03. The summed E-state index contributed by atoms with van der Waals surface area (Å²) in [5.74, 6) is -2.69. The van der Waals surface area contributed by atoms with E-state index in [4.69, 9.17) is 5.11 Å². The van der Waals surface area contributed by atoms with Gasteiger partial charge in [0.1, 0.15) is 5.82 Å². The number of hydrogen-bond acceptors (Lipinski definition) is 7. The maximum atomic E-state index is 13.5. The van der Waals surface area contributed by atoms with Crippen molar-refractivity contribution in [3.8, 4) is 0 Å². The summed E-state index contributed by atoms with van der Waals surface area (Å²) in [5.41, 5.74) is -1.21. The van der Waals surface area contributed by atoms with Crippen molar-refractivity contribution in [1.29, 1.82) is 0 Å². The van der Waals surface area contributed by atoms with E-state index in [2.05, 4.69) is 15.5 Å². The Hall–Kier alpha value is -2.56. The SMILES string of the molecule is Cn1nnnc1Sc1cc(C(=O)O)c(F)cc1[N+](=O)[O-]. The molecule has 0 atom stereocenters. The van der Waals surface area contributed by atoms with E-state index in [1.54, 1.807) is 0 Å². The second-order valence-corrected chi connectivity index (χ2v) is 4.56. The van der Waals surface area contributed by atoms with Gasteiger partial charge in [-0.25, -0.2) is 13.9 Å². The Morgan fingerprint density at radius 2 is 2.25 bits per heavy atom. The first-order valence-electron chi connectivity index (χ1n) is 5.01. The van der Waals surface area contributed by atoms with Crippen molar-refractivity contribution in [2.45, 2.75) is 10.1 Å². The number of aromatic carboxylic acids is 1. The number of aryl methyl sites for hydroxylation is 1. The smallest absolute Gasteiger partial charge is 0.338 e. The first kappa shape index (κ1) is 13.9. The van der Waals surface area contributed by atoms with E-state index in [0.29, 0.717) is 6.07 Å². The van der Waals surface area contributed by atoms with Crippen molar-refractivity contribution in [2.24, 2.45) is 7.05 Å². The zero-order valence-electron chi connectivity index (χ0n) is 9.85. The lowest BCUT2D eigenvalue weighted by Gasteiger charge is -2.04. The van der Waals surface area contributed by atoms with Gasteiger partial charge in [-0.15, -0.1) is 5.10 Å². The highest BCUT2D eigenvalue weighted by Gasteiger charge is 2.23. The van der Waals surface area contributed by atoms with Crippen LogP contribution in [-0.2, 0) is 7.05 Å². The summed E-state index contributed by atoms with van der Waals surface area (Å²) in [4.78, 5) is 20.9. The predicted octanol–water partition coefficient (Wildman–Crippen LogP) is 1.11. The molecule has 1 aromatic carbocycles. The number of rotatable bonds is 4. The summed E-state index contributed by atoms with van der Waals surface area (Å²) < 4.78 is 14.7. The molecule has 0 fully saturated rings. The third-order valence-electron chi connectivity index (χ3n) is 2.26. The number of carboxylic acid groups (broad SMARTS) is 1. The summed E-state index contributed by atoms with van der Waals surface area (Å²) in [6, 6.07) is 1.45. The Balaban J connectivity index is 2.54. The molecule has 20 heavy (non-hydrogen) atoms. The van der Waals surface area contributed by atoms with Crippen LogP contribution < -0.4 is 0 Å². The topological polar surface area (TPSA) is 124 Å².